The number of alkyl halides is 1. The van der Waals surface area contributed by atoms with E-state index < -0.39 is 6.67 Å². The van der Waals surface area contributed by atoms with Crippen LogP contribution in [0.25, 0.3) is 10.9 Å². The first-order chi connectivity index (χ1) is 8.22. The summed E-state index contributed by atoms with van der Waals surface area (Å²) in [7, 11) is 0. The van der Waals surface area contributed by atoms with Gasteiger partial charge in [-0.1, -0.05) is 0 Å². The molecule has 0 radical (unpaired) electrons. The highest BCUT2D eigenvalue weighted by molar-refractivity contribution is 6.07. The van der Waals surface area contributed by atoms with Crippen LogP contribution in [-0.4, -0.2) is 24.1 Å². The Morgan fingerprint density at radius 2 is 2.29 bits per heavy atom. The van der Waals surface area contributed by atoms with E-state index >= 15 is 0 Å². The molecule has 0 aliphatic carbocycles. The maximum atomic E-state index is 11.9. The van der Waals surface area contributed by atoms with Gasteiger partial charge >= 0.3 is 0 Å². The molecule has 1 aromatic carbocycles. The van der Waals surface area contributed by atoms with E-state index in [4.69, 9.17) is 5.73 Å². The van der Waals surface area contributed by atoms with E-state index in [0.29, 0.717) is 24.2 Å². The van der Waals surface area contributed by atoms with Crippen LogP contribution in [0.15, 0.2) is 24.4 Å². The summed E-state index contributed by atoms with van der Waals surface area (Å²) in [5, 5.41) is 3.44. The fourth-order valence-corrected chi connectivity index (χ4v) is 1.69. The van der Waals surface area contributed by atoms with E-state index in [9.17, 15) is 9.18 Å². The lowest BCUT2D eigenvalue weighted by Crippen LogP contribution is -2.24. The summed E-state index contributed by atoms with van der Waals surface area (Å²) in [5.41, 5.74) is 7.67. The Bertz CT molecular complexity index is 536. The fourth-order valence-electron chi connectivity index (χ4n) is 1.69. The third-order valence-electron chi connectivity index (χ3n) is 2.55. The first-order valence-electron chi connectivity index (χ1n) is 5.43. The van der Waals surface area contributed by atoms with Gasteiger partial charge in [-0.3, -0.25) is 9.18 Å². The third-order valence-corrected chi connectivity index (χ3v) is 2.55. The summed E-state index contributed by atoms with van der Waals surface area (Å²) in [6, 6.07) is 5.34. The smallest absolute Gasteiger partial charge is 0.253 e. The summed E-state index contributed by atoms with van der Waals surface area (Å²) in [4.78, 5) is 14.8. The van der Waals surface area contributed by atoms with Crippen LogP contribution < -0.4 is 11.1 Å². The van der Waals surface area contributed by atoms with Crippen molar-refractivity contribution in [1.82, 2.24) is 10.3 Å². The summed E-state index contributed by atoms with van der Waals surface area (Å²) in [5.74, 6) is -0.213. The van der Waals surface area contributed by atoms with Crippen LogP contribution in [0.3, 0.4) is 0 Å². The minimum Gasteiger partial charge on any atom is -0.399 e. The topological polar surface area (TPSA) is 70.9 Å². The van der Waals surface area contributed by atoms with Gasteiger partial charge in [-0.25, -0.2) is 0 Å². The van der Waals surface area contributed by atoms with E-state index in [-0.39, 0.29) is 5.91 Å². The molecule has 1 amide bonds. The minimum atomic E-state index is -0.429. The van der Waals surface area contributed by atoms with Gasteiger partial charge in [-0.05, 0) is 24.6 Å². The van der Waals surface area contributed by atoms with Crippen molar-refractivity contribution in [2.75, 3.05) is 19.0 Å². The van der Waals surface area contributed by atoms with Crippen LogP contribution in [0.4, 0.5) is 10.1 Å². The molecule has 1 aromatic heterocycles. The molecule has 0 saturated heterocycles. The Hall–Kier alpha value is -2.04. The van der Waals surface area contributed by atoms with Crippen molar-refractivity contribution in [3.05, 3.63) is 30.0 Å². The van der Waals surface area contributed by atoms with Crippen LogP contribution in [0.2, 0.25) is 0 Å². The average molecular weight is 235 g/mol. The predicted molar refractivity (Wildman–Crippen MR) is 65.6 cm³/mol. The molecule has 0 aliphatic rings. The van der Waals surface area contributed by atoms with Crippen molar-refractivity contribution in [3.8, 4) is 0 Å². The van der Waals surface area contributed by atoms with Crippen molar-refractivity contribution in [2.24, 2.45) is 0 Å². The second-order valence-corrected chi connectivity index (χ2v) is 3.81. The lowest BCUT2D eigenvalue weighted by atomic mass is 10.1. The minimum absolute atomic E-state index is 0.213. The number of nitrogen functional groups attached to an aromatic ring is 1. The zero-order chi connectivity index (χ0) is 12.3. The number of nitrogens with two attached hydrogens (primary N) is 1. The van der Waals surface area contributed by atoms with E-state index in [0.717, 1.165) is 10.9 Å². The Kier molecular flexibility index (Phi) is 3.27. The van der Waals surface area contributed by atoms with Gasteiger partial charge in [0.1, 0.15) is 0 Å². The van der Waals surface area contributed by atoms with Crippen molar-refractivity contribution in [2.45, 2.75) is 6.42 Å². The number of hydrogen-bond acceptors (Lipinski definition) is 2. The van der Waals surface area contributed by atoms with Crippen LogP contribution in [0.1, 0.15) is 16.8 Å². The molecule has 0 unspecified atom stereocenters. The number of halogens is 1. The summed E-state index contributed by atoms with van der Waals surface area (Å²) < 4.78 is 11.9. The molecule has 2 aromatic rings. The molecule has 0 bridgehead atoms. The van der Waals surface area contributed by atoms with Crippen LogP contribution in [0, 0.1) is 0 Å². The number of hydrogen-bond donors (Lipinski definition) is 3. The number of carbonyl (C=O) groups is 1. The fraction of sp³-hybridized carbons (Fsp3) is 0.250. The number of carbonyl (C=O) groups excluding carboxylic acids is 1. The van der Waals surface area contributed by atoms with Gasteiger partial charge in [0.05, 0.1) is 12.2 Å². The van der Waals surface area contributed by atoms with E-state index in [1.165, 1.54) is 0 Å². The second kappa shape index (κ2) is 4.86. The molecular formula is C12H14FN3O. The lowest BCUT2D eigenvalue weighted by molar-refractivity contribution is 0.0954. The van der Waals surface area contributed by atoms with Crippen LogP contribution in [0.5, 0.6) is 0 Å². The highest BCUT2D eigenvalue weighted by Crippen LogP contribution is 2.20. The van der Waals surface area contributed by atoms with Crippen molar-refractivity contribution >= 4 is 22.5 Å². The van der Waals surface area contributed by atoms with Crippen molar-refractivity contribution in [1.29, 1.82) is 0 Å². The summed E-state index contributed by atoms with van der Waals surface area (Å²) >= 11 is 0. The van der Waals surface area contributed by atoms with Crippen LogP contribution in [-0.2, 0) is 0 Å². The SMILES string of the molecule is Nc1ccc2[nH]cc(C(=O)NCCCF)c2c1. The molecule has 90 valence electrons. The highest BCUT2D eigenvalue weighted by Gasteiger charge is 2.11. The van der Waals surface area contributed by atoms with Gasteiger partial charge in [0, 0.05) is 29.3 Å². The molecule has 2 rings (SSSR count). The third kappa shape index (κ3) is 2.38. The largest absolute Gasteiger partial charge is 0.399 e. The molecule has 0 fully saturated rings. The molecule has 0 spiro atoms. The van der Waals surface area contributed by atoms with Gasteiger partial charge in [0.15, 0.2) is 0 Å². The molecule has 0 aliphatic heterocycles. The number of nitrogens with one attached hydrogen (secondary N) is 2. The Balaban J connectivity index is 2.23. The molecular weight excluding hydrogens is 221 g/mol. The zero-order valence-corrected chi connectivity index (χ0v) is 9.29. The Morgan fingerprint density at radius 3 is 3.06 bits per heavy atom. The van der Waals surface area contributed by atoms with Gasteiger partial charge in [-0.2, -0.15) is 0 Å². The normalized spacial score (nSPS) is 10.6. The number of H-pyrrole nitrogens is 1. The van der Waals surface area contributed by atoms with Gasteiger partial charge in [-0.15, -0.1) is 0 Å². The maximum absolute atomic E-state index is 11.9. The molecule has 1 heterocycles. The lowest BCUT2D eigenvalue weighted by Gasteiger charge is -2.02. The van der Waals surface area contributed by atoms with Crippen molar-refractivity contribution in [3.63, 3.8) is 0 Å². The quantitative estimate of drug-likeness (QED) is 0.559. The number of fused-ring (bicyclic) bond motifs is 1. The molecule has 17 heavy (non-hydrogen) atoms. The number of aromatic nitrogens is 1. The number of anilines is 1. The maximum Gasteiger partial charge on any atom is 0.253 e. The van der Waals surface area contributed by atoms with Crippen LogP contribution >= 0.6 is 0 Å². The Labute approximate surface area is 98.0 Å². The first kappa shape index (κ1) is 11.4. The molecule has 5 heteroatoms. The summed E-state index contributed by atoms with van der Waals surface area (Å²) in [6.45, 7) is -0.0918. The first-order valence-corrected chi connectivity index (χ1v) is 5.43. The van der Waals surface area contributed by atoms with E-state index in [1.807, 2.05) is 6.07 Å². The number of rotatable bonds is 4. The number of aromatic amines is 1. The molecule has 4 N–H and O–H groups in total. The van der Waals surface area contributed by atoms with Gasteiger partial charge in [0.2, 0.25) is 0 Å². The highest BCUT2D eigenvalue weighted by atomic mass is 19.1. The zero-order valence-electron chi connectivity index (χ0n) is 9.29. The summed E-state index contributed by atoms with van der Waals surface area (Å²) in [6.07, 6.45) is 1.96. The second-order valence-electron chi connectivity index (χ2n) is 3.81. The Morgan fingerprint density at radius 1 is 1.47 bits per heavy atom. The van der Waals surface area contributed by atoms with Crippen molar-refractivity contribution < 1.29 is 9.18 Å². The van der Waals surface area contributed by atoms with Gasteiger partial charge < -0.3 is 16.0 Å². The molecule has 0 saturated carbocycles. The number of amides is 1. The standard InChI is InChI=1S/C12H14FN3O/c13-4-1-5-15-12(17)10-7-16-11-3-2-8(14)6-9(10)11/h2-3,6-7,16H,1,4-5,14H2,(H,15,17). The average Bonchev–Trinajstić information content (AvgIpc) is 2.72. The number of benzene rings is 1. The molecule has 4 nitrogen and oxygen atoms in total. The predicted octanol–water partition coefficient (Wildman–Crippen LogP) is 1.84. The van der Waals surface area contributed by atoms with E-state index in [1.54, 1.807) is 18.3 Å². The van der Waals surface area contributed by atoms with E-state index in [2.05, 4.69) is 10.3 Å². The monoisotopic (exact) mass is 235 g/mol. The van der Waals surface area contributed by atoms with Gasteiger partial charge in [0.25, 0.3) is 5.91 Å². The molecule has 0 atom stereocenters.